The number of aryl methyl sites for hydroxylation is 2. The molecule has 0 radical (unpaired) electrons. The zero-order valence-electron chi connectivity index (χ0n) is 13.3. The molecule has 1 aromatic carbocycles. The number of nitrogen functional groups attached to an aromatic ring is 1. The van der Waals surface area contributed by atoms with E-state index in [0.29, 0.717) is 10.6 Å². The largest absolute Gasteiger partial charge is 0.397 e. The molecule has 2 aromatic heterocycles. The first-order chi connectivity index (χ1) is 11.0. The summed E-state index contributed by atoms with van der Waals surface area (Å²) < 4.78 is 0. The van der Waals surface area contributed by atoms with E-state index in [1.54, 1.807) is 0 Å². The number of nitrogens with two attached hydrogens (primary N) is 1. The van der Waals surface area contributed by atoms with Crippen LogP contribution in [0.4, 0.5) is 5.69 Å². The first-order valence-electron chi connectivity index (χ1n) is 7.94. The Hall–Kier alpha value is -2.14. The fourth-order valence-corrected chi connectivity index (χ4v) is 4.45. The highest BCUT2D eigenvalue weighted by atomic mass is 32.1. The number of rotatable bonds is 1. The summed E-state index contributed by atoms with van der Waals surface area (Å²) in [6.07, 6.45) is 2.16. The number of amides is 1. The van der Waals surface area contributed by atoms with Gasteiger partial charge in [0, 0.05) is 23.9 Å². The van der Waals surface area contributed by atoms with Gasteiger partial charge in [0.1, 0.15) is 9.71 Å². The standard InChI is InChI=1S/C18H19N3OS/c1-10-7-11(2)15-12(8-10)9-13-14(19)16(23-17(13)20-15)18(22)21-5-3-4-6-21/h7-9H,3-6,19H2,1-2H3. The number of benzene rings is 1. The molecule has 0 saturated carbocycles. The highest BCUT2D eigenvalue weighted by Gasteiger charge is 2.25. The highest BCUT2D eigenvalue weighted by molar-refractivity contribution is 7.21. The molecule has 0 spiro atoms. The molecule has 1 aliphatic rings. The second-order valence-electron chi connectivity index (χ2n) is 6.34. The molecule has 0 aliphatic carbocycles. The first-order valence-corrected chi connectivity index (χ1v) is 8.75. The molecule has 3 heterocycles. The van der Waals surface area contributed by atoms with Crippen molar-refractivity contribution in [1.29, 1.82) is 0 Å². The molecule has 118 valence electrons. The maximum atomic E-state index is 12.7. The van der Waals surface area contributed by atoms with Gasteiger partial charge in [-0.2, -0.15) is 0 Å². The van der Waals surface area contributed by atoms with Crippen LogP contribution in [-0.2, 0) is 0 Å². The molecule has 5 heteroatoms. The van der Waals surface area contributed by atoms with Crippen LogP contribution in [0.3, 0.4) is 0 Å². The maximum absolute atomic E-state index is 12.7. The summed E-state index contributed by atoms with van der Waals surface area (Å²) in [6, 6.07) is 6.33. The van der Waals surface area contributed by atoms with E-state index in [1.165, 1.54) is 16.9 Å². The van der Waals surface area contributed by atoms with Gasteiger partial charge in [-0.3, -0.25) is 4.79 Å². The third kappa shape index (κ3) is 2.27. The predicted molar refractivity (Wildman–Crippen MR) is 96.1 cm³/mol. The Morgan fingerprint density at radius 2 is 1.96 bits per heavy atom. The third-order valence-corrected chi connectivity index (χ3v) is 5.64. The van der Waals surface area contributed by atoms with Gasteiger partial charge in [0.15, 0.2) is 0 Å². The minimum atomic E-state index is 0.0555. The topological polar surface area (TPSA) is 59.2 Å². The van der Waals surface area contributed by atoms with Crippen LogP contribution in [-0.4, -0.2) is 28.9 Å². The minimum Gasteiger partial charge on any atom is -0.397 e. The molecule has 1 aliphatic heterocycles. The number of thiophene rings is 1. The number of nitrogens with zero attached hydrogens (tertiary/aromatic N) is 2. The molecule has 3 aromatic rings. The number of carbonyl (C=O) groups is 1. The van der Waals surface area contributed by atoms with Gasteiger partial charge in [-0.15, -0.1) is 11.3 Å². The van der Waals surface area contributed by atoms with Crippen LogP contribution < -0.4 is 5.73 Å². The Balaban J connectivity index is 1.91. The Morgan fingerprint density at radius 1 is 1.22 bits per heavy atom. The summed E-state index contributed by atoms with van der Waals surface area (Å²) in [4.78, 5) is 20.8. The van der Waals surface area contributed by atoms with Gasteiger partial charge in [-0.25, -0.2) is 4.98 Å². The number of carbonyl (C=O) groups excluding carboxylic acids is 1. The van der Waals surface area contributed by atoms with Crippen molar-refractivity contribution in [1.82, 2.24) is 9.88 Å². The van der Waals surface area contributed by atoms with E-state index in [0.717, 1.165) is 52.6 Å². The molecule has 0 atom stereocenters. The van der Waals surface area contributed by atoms with Crippen molar-refractivity contribution in [3.63, 3.8) is 0 Å². The van der Waals surface area contributed by atoms with Crippen LogP contribution in [0, 0.1) is 13.8 Å². The van der Waals surface area contributed by atoms with E-state index < -0.39 is 0 Å². The predicted octanol–water partition coefficient (Wildman–Crippen LogP) is 3.88. The maximum Gasteiger partial charge on any atom is 0.266 e. The molecule has 0 unspecified atom stereocenters. The van der Waals surface area contributed by atoms with Gasteiger partial charge in [0.05, 0.1) is 11.2 Å². The Labute approximate surface area is 138 Å². The molecule has 1 amide bonds. The van der Waals surface area contributed by atoms with Crippen molar-refractivity contribution in [2.24, 2.45) is 0 Å². The van der Waals surface area contributed by atoms with Crippen molar-refractivity contribution in [3.05, 3.63) is 34.2 Å². The van der Waals surface area contributed by atoms with Crippen molar-refractivity contribution in [3.8, 4) is 0 Å². The van der Waals surface area contributed by atoms with Gasteiger partial charge < -0.3 is 10.6 Å². The molecule has 2 N–H and O–H groups in total. The van der Waals surface area contributed by atoms with Crippen LogP contribution >= 0.6 is 11.3 Å². The molecule has 4 rings (SSSR count). The lowest BCUT2D eigenvalue weighted by molar-refractivity contribution is 0.0798. The number of hydrogen-bond donors (Lipinski definition) is 1. The van der Waals surface area contributed by atoms with Gasteiger partial charge in [0.2, 0.25) is 0 Å². The number of fused-ring (bicyclic) bond motifs is 2. The fourth-order valence-electron chi connectivity index (χ4n) is 3.40. The second-order valence-corrected chi connectivity index (χ2v) is 7.34. The number of pyridine rings is 1. The van der Waals surface area contributed by atoms with Gasteiger partial charge in [-0.1, -0.05) is 11.6 Å². The van der Waals surface area contributed by atoms with Crippen LogP contribution in [0.2, 0.25) is 0 Å². The van der Waals surface area contributed by atoms with Crippen molar-refractivity contribution in [2.45, 2.75) is 26.7 Å². The number of likely N-dealkylation sites (tertiary alicyclic amines) is 1. The number of hydrogen-bond acceptors (Lipinski definition) is 4. The van der Waals surface area contributed by atoms with Gasteiger partial charge in [0.25, 0.3) is 5.91 Å². The molecule has 0 bridgehead atoms. The number of aromatic nitrogens is 1. The molecule has 23 heavy (non-hydrogen) atoms. The average Bonchev–Trinajstić information content (AvgIpc) is 3.14. The van der Waals surface area contributed by atoms with Crippen LogP contribution in [0.15, 0.2) is 18.2 Å². The van der Waals surface area contributed by atoms with Crippen LogP contribution in [0.5, 0.6) is 0 Å². The Kier molecular flexibility index (Phi) is 3.27. The average molecular weight is 325 g/mol. The molecular weight excluding hydrogens is 306 g/mol. The van der Waals surface area contributed by atoms with E-state index in [9.17, 15) is 4.79 Å². The highest BCUT2D eigenvalue weighted by Crippen LogP contribution is 2.36. The van der Waals surface area contributed by atoms with E-state index >= 15 is 0 Å². The summed E-state index contributed by atoms with van der Waals surface area (Å²) in [5.41, 5.74) is 10.2. The normalized spacial score (nSPS) is 15.0. The SMILES string of the molecule is Cc1cc(C)c2nc3sc(C(=O)N4CCCC4)c(N)c3cc2c1. The lowest BCUT2D eigenvalue weighted by Gasteiger charge is -2.13. The van der Waals surface area contributed by atoms with E-state index in [4.69, 9.17) is 10.7 Å². The summed E-state index contributed by atoms with van der Waals surface area (Å²) in [6.45, 7) is 5.82. The lowest BCUT2D eigenvalue weighted by atomic mass is 10.1. The van der Waals surface area contributed by atoms with Gasteiger partial charge >= 0.3 is 0 Å². The third-order valence-electron chi connectivity index (χ3n) is 4.54. The van der Waals surface area contributed by atoms with Crippen LogP contribution in [0.1, 0.15) is 33.6 Å². The molecular formula is C18H19N3OS. The first kappa shape index (κ1) is 14.5. The summed E-state index contributed by atoms with van der Waals surface area (Å²) in [7, 11) is 0. The summed E-state index contributed by atoms with van der Waals surface area (Å²) >= 11 is 1.42. The summed E-state index contributed by atoms with van der Waals surface area (Å²) in [5, 5.41) is 1.98. The minimum absolute atomic E-state index is 0.0555. The fraction of sp³-hybridized carbons (Fsp3) is 0.333. The van der Waals surface area contributed by atoms with E-state index in [1.807, 2.05) is 4.90 Å². The van der Waals surface area contributed by atoms with Crippen molar-refractivity contribution in [2.75, 3.05) is 18.8 Å². The molecule has 1 saturated heterocycles. The zero-order valence-corrected chi connectivity index (χ0v) is 14.2. The quantitative estimate of drug-likeness (QED) is 0.738. The van der Waals surface area contributed by atoms with E-state index in [2.05, 4.69) is 32.0 Å². The zero-order chi connectivity index (χ0) is 16.1. The smallest absolute Gasteiger partial charge is 0.266 e. The molecule has 1 fully saturated rings. The number of anilines is 1. The van der Waals surface area contributed by atoms with Crippen molar-refractivity contribution < 1.29 is 4.79 Å². The van der Waals surface area contributed by atoms with Crippen molar-refractivity contribution >= 4 is 44.1 Å². The monoisotopic (exact) mass is 325 g/mol. The summed E-state index contributed by atoms with van der Waals surface area (Å²) in [5.74, 6) is 0.0555. The van der Waals surface area contributed by atoms with E-state index in [-0.39, 0.29) is 5.91 Å². The molecule has 4 nitrogen and oxygen atoms in total. The van der Waals surface area contributed by atoms with Gasteiger partial charge in [-0.05, 0) is 44.4 Å². The lowest BCUT2D eigenvalue weighted by Crippen LogP contribution is -2.27. The Bertz CT molecular complexity index is 938. The second kappa shape index (κ2) is 5.20. The van der Waals surface area contributed by atoms with Crippen LogP contribution in [0.25, 0.3) is 21.1 Å². The Morgan fingerprint density at radius 3 is 2.70 bits per heavy atom.